The maximum absolute atomic E-state index is 13.9. The van der Waals surface area contributed by atoms with E-state index in [0.29, 0.717) is 17.7 Å². The van der Waals surface area contributed by atoms with Crippen LogP contribution in [0.3, 0.4) is 0 Å². The maximum Gasteiger partial charge on any atom is 0.264 e. The first-order chi connectivity index (χ1) is 17.2. The van der Waals surface area contributed by atoms with Gasteiger partial charge in [-0.1, -0.05) is 67.6 Å². The zero-order valence-electron chi connectivity index (χ0n) is 21.1. The van der Waals surface area contributed by atoms with Crippen LogP contribution in [0, 0.1) is 13.8 Å². The molecule has 0 aliphatic rings. The zero-order chi connectivity index (χ0) is 26.3. The summed E-state index contributed by atoms with van der Waals surface area (Å²) in [4.78, 5) is 28.2. The molecule has 190 valence electrons. The van der Waals surface area contributed by atoms with Gasteiger partial charge in [0.1, 0.15) is 12.6 Å². The molecule has 0 fully saturated rings. The SMILES string of the molecule is CC[C@H](C(=O)NC)N(Cc1ccccc1C)C(=O)CN(c1ccccc1C)S(=O)(=O)c1ccccc1. The molecule has 0 radical (unpaired) electrons. The normalized spacial score (nSPS) is 12.0. The van der Waals surface area contributed by atoms with Crippen molar-refractivity contribution in [2.24, 2.45) is 0 Å². The summed E-state index contributed by atoms with van der Waals surface area (Å²) in [6.07, 6.45) is 0.382. The van der Waals surface area contributed by atoms with Crippen molar-refractivity contribution in [2.75, 3.05) is 17.9 Å². The van der Waals surface area contributed by atoms with E-state index in [0.717, 1.165) is 15.4 Å². The molecule has 0 aliphatic heterocycles. The van der Waals surface area contributed by atoms with Gasteiger partial charge in [0.05, 0.1) is 10.6 Å². The van der Waals surface area contributed by atoms with Crippen LogP contribution in [-0.2, 0) is 26.2 Å². The van der Waals surface area contributed by atoms with Gasteiger partial charge in [-0.3, -0.25) is 13.9 Å². The van der Waals surface area contributed by atoms with E-state index < -0.39 is 28.5 Å². The zero-order valence-corrected chi connectivity index (χ0v) is 22.0. The van der Waals surface area contributed by atoms with Crippen molar-refractivity contribution in [3.8, 4) is 0 Å². The van der Waals surface area contributed by atoms with Crippen LogP contribution in [0.1, 0.15) is 30.0 Å². The lowest BCUT2D eigenvalue weighted by molar-refractivity contribution is -0.140. The van der Waals surface area contributed by atoms with Crippen LogP contribution in [-0.4, -0.2) is 44.8 Å². The van der Waals surface area contributed by atoms with Gasteiger partial charge in [-0.15, -0.1) is 0 Å². The number of rotatable bonds is 10. The molecule has 0 unspecified atom stereocenters. The number of hydrogen-bond donors (Lipinski definition) is 1. The van der Waals surface area contributed by atoms with Crippen LogP contribution in [0.5, 0.6) is 0 Å². The number of sulfonamides is 1. The summed E-state index contributed by atoms with van der Waals surface area (Å²) < 4.78 is 28.7. The molecular weight excluding hydrogens is 474 g/mol. The topological polar surface area (TPSA) is 86.8 Å². The minimum absolute atomic E-state index is 0.0878. The van der Waals surface area contributed by atoms with E-state index in [2.05, 4.69) is 5.32 Å². The lowest BCUT2D eigenvalue weighted by Gasteiger charge is -2.33. The van der Waals surface area contributed by atoms with E-state index in [1.54, 1.807) is 43.3 Å². The van der Waals surface area contributed by atoms with Crippen molar-refractivity contribution < 1.29 is 18.0 Å². The average molecular weight is 508 g/mol. The molecule has 36 heavy (non-hydrogen) atoms. The molecule has 1 N–H and O–H groups in total. The fourth-order valence-electron chi connectivity index (χ4n) is 4.13. The average Bonchev–Trinajstić information content (AvgIpc) is 2.88. The Labute approximate surface area is 213 Å². The number of para-hydroxylation sites is 1. The number of amides is 2. The second-order valence-electron chi connectivity index (χ2n) is 8.60. The molecule has 2 amide bonds. The number of anilines is 1. The summed E-state index contributed by atoms with van der Waals surface area (Å²) in [5.41, 5.74) is 3.00. The highest BCUT2D eigenvalue weighted by molar-refractivity contribution is 7.92. The minimum Gasteiger partial charge on any atom is -0.357 e. The molecule has 1 atom stereocenters. The Balaban J connectivity index is 2.08. The van der Waals surface area contributed by atoms with Gasteiger partial charge >= 0.3 is 0 Å². The number of nitrogens with zero attached hydrogens (tertiary/aromatic N) is 2. The number of carbonyl (C=O) groups is 2. The Morgan fingerprint density at radius 1 is 0.861 bits per heavy atom. The molecule has 0 spiro atoms. The van der Waals surface area contributed by atoms with Gasteiger partial charge in [0.2, 0.25) is 11.8 Å². The Morgan fingerprint density at radius 2 is 1.44 bits per heavy atom. The van der Waals surface area contributed by atoms with Gasteiger partial charge in [-0.2, -0.15) is 0 Å². The highest BCUT2D eigenvalue weighted by Crippen LogP contribution is 2.27. The Morgan fingerprint density at radius 3 is 2.03 bits per heavy atom. The Hall–Kier alpha value is -3.65. The summed E-state index contributed by atoms with van der Waals surface area (Å²) in [5, 5.41) is 2.64. The predicted octanol–water partition coefficient (Wildman–Crippen LogP) is 4.05. The molecule has 3 aromatic rings. The predicted molar refractivity (Wildman–Crippen MR) is 142 cm³/mol. The summed E-state index contributed by atoms with van der Waals surface area (Å²) in [7, 11) is -2.53. The van der Waals surface area contributed by atoms with Gasteiger partial charge < -0.3 is 10.2 Å². The van der Waals surface area contributed by atoms with Crippen LogP contribution in [0.25, 0.3) is 0 Å². The molecular formula is C28H33N3O4S. The van der Waals surface area contributed by atoms with Gasteiger partial charge in [-0.25, -0.2) is 8.42 Å². The van der Waals surface area contributed by atoms with Crippen molar-refractivity contribution in [2.45, 2.75) is 44.7 Å². The first-order valence-electron chi connectivity index (χ1n) is 11.9. The minimum atomic E-state index is -4.06. The molecule has 0 bridgehead atoms. The smallest absolute Gasteiger partial charge is 0.264 e. The fraction of sp³-hybridized carbons (Fsp3) is 0.286. The number of carbonyl (C=O) groups excluding carboxylic acids is 2. The Bertz CT molecular complexity index is 1310. The highest BCUT2D eigenvalue weighted by atomic mass is 32.2. The van der Waals surface area contributed by atoms with Crippen molar-refractivity contribution in [1.82, 2.24) is 10.2 Å². The van der Waals surface area contributed by atoms with E-state index in [-0.39, 0.29) is 17.3 Å². The molecule has 0 saturated carbocycles. The monoisotopic (exact) mass is 507 g/mol. The standard InChI is InChI=1S/C28H33N3O4S/c1-5-25(28(33)29-4)30(19-23-15-11-9-13-21(23)2)27(32)20-31(26-18-12-10-14-22(26)3)36(34,35)24-16-7-6-8-17-24/h6-18,25H,5,19-20H2,1-4H3,(H,29,33)/t25-/m1/s1. The van der Waals surface area contributed by atoms with Crippen molar-refractivity contribution in [3.63, 3.8) is 0 Å². The highest BCUT2D eigenvalue weighted by Gasteiger charge is 2.33. The third kappa shape index (κ3) is 5.94. The van der Waals surface area contributed by atoms with E-state index in [9.17, 15) is 18.0 Å². The lowest BCUT2D eigenvalue weighted by atomic mass is 10.1. The molecule has 0 saturated heterocycles. The molecule has 0 heterocycles. The van der Waals surface area contributed by atoms with Gasteiger partial charge in [0.15, 0.2) is 0 Å². The second-order valence-corrected chi connectivity index (χ2v) is 10.5. The molecule has 3 rings (SSSR count). The first kappa shape index (κ1) is 26.9. The third-order valence-corrected chi connectivity index (χ3v) is 8.00. The van der Waals surface area contributed by atoms with Crippen LogP contribution in [0.2, 0.25) is 0 Å². The van der Waals surface area contributed by atoms with E-state index in [1.807, 2.05) is 44.2 Å². The van der Waals surface area contributed by atoms with Crippen LogP contribution >= 0.6 is 0 Å². The van der Waals surface area contributed by atoms with Gasteiger partial charge in [0, 0.05) is 13.6 Å². The number of hydrogen-bond acceptors (Lipinski definition) is 4. The largest absolute Gasteiger partial charge is 0.357 e. The number of nitrogens with one attached hydrogen (secondary N) is 1. The van der Waals surface area contributed by atoms with E-state index in [4.69, 9.17) is 0 Å². The van der Waals surface area contributed by atoms with Crippen LogP contribution in [0.4, 0.5) is 5.69 Å². The molecule has 7 nitrogen and oxygen atoms in total. The van der Waals surface area contributed by atoms with Gasteiger partial charge in [-0.05, 0) is 55.2 Å². The quantitative estimate of drug-likeness (QED) is 0.449. The third-order valence-electron chi connectivity index (χ3n) is 6.23. The van der Waals surface area contributed by atoms with Crippen molar-refractivity contribution in [1.29, 1.82) is 0 Å². The van der Waals surface area contributed by atoms with Crippen LogP contribution in [0.15, 0.2) is 83.8 Å². The molecule has 0 aromatic heterocycles. The maximum atomic E-state index is 13.9. The summed E-state index contributed by atoms with van der Waals surface area (Å²) in [5.74, 6) is -0.760. The summed E-state index contributed by atoms with van der Waals surface area (Å²) in [6, 6.07) is 22.0. The van der Waals surface area contributed by atoms with Crippen molar-refractivity contribution in [3.05, 3.63) is 95.6 Å². The molecule has 3 aromatic carbocycles. The first-order valence-corrected chi connectivity index (χ1v) is 13.3. The number of benzene rings is 3. The lowest BCUT2D eigenvalue weighted by Crippen LogP contribution is -2.52. The van der Waals surface area contributed by atoms with Crippen molar-refractivity contribution >= 4 is 27.5 Å². The van der Waals surface area contributed by atoms with E-state index >= 15 is 0 Å². The number of likely N-dealkylation sites (N-methyl/N-ethyl adjacent to an activating group) is 1. The molecule has 8 heteroatoms. The van der Waals surface area contributed by atoms with Gasteiger partial charge in [0.25, 0.3) is 10.0 Å². The fourth-order valence-corrected chi connectivity index (χ4v) is 5.63. The Kier molecular flexibility index (Phi) is 8.88. The van der Waals surface area contributed by atoms with E-state index in [1.165, 1.54) is 24.1 Å². The van der Waals surface area contributed by atoms with Crippen LogP contribution < -0.4 is 9.62 Å². The number of aryl methyl sites for hydroxylation is 2. The summed E-state index contributed by atoms with van der Waals surface area (Å²) >= 11 is 0. The second kappa shape index (κ2) is 11.9. The molecule has 0 aliphatic carbocycles. The summed E-state index contributed by atoms with van der Waals surface area (Å²) in [6.45, 7) is 5.32.